The quantitative estimate of drug-likeness (QED) is 0.693. The Bertz CT molecular complexity index is 1050. The number of rotatable bonds is 5. The summed E-state index contributed by atoms with van der Waals surface area (Å²) in [7, 11) is 0. The van der Waals surface area contributed by atoms with E-state index >= 15 is 0 Å². The number of amides is 2. The van der Waals surface area contributed by atoms with Crippen molar-refractivity contribution in [2.45, 2.75) is 20.4 Å². The number of aromatic nitrogens is 2. The molecule has 7 nitrogen and oxygen atoms in total. The van der Waals surface area contributed by atoms with E-state index in [9.17, 15) is 9.59 Å². The van der Waals surface area contributed by atoms with E-state index in [4.69, 9.17) is 0 Å². The van der Waals surface area contributed by atoms with Crippen molar-refractivity contribution in [1.29, 1.82) is 0 Å². The average Bonchev–Trinajstić information content (AvgIpc) is 3.19. The van der Waals surface area contributed by atoms with Gasteiger partial charge in [0.1, 0.15) is 5.82 Å². The minimum Gasteiger partial charge on any atom is -0.335 e. The van der Waals surface area contributed by atoms with Crippen LogP contribution in [0.1, 0.15) is 28.5 Å². The first-order chi connectivity index (χ1) is 15.0. The number of benzene rings is 2. The number of carbonyl (C=O) groups excluding carboxylic acids is 2. The van der Waals surface area contributed by atoms with Crippen LogP contribution in [0.4, 0.5) is 5.82 Å². The third-order valence-corrected chi connectivity index (χ3v) is 5.42. The predicted octanol–water partition coefficient (Wildman–Crippen LogP) is 3.10. The van der Waals surface area contributed by atoms with Gasteiger partial charge < -0.3 is 10.2 Å². The maximum absolute atomic E-state index is 13.1. The summed E-state index contributed by atoms with van der Waals surface area (Å²) in [4.78, 5) is 28.9. The van der Waals surface area contributed by atoms with Gasteiger partial charge in [-0.1, -0.05) is 48.0 Å². The monoisotopic (exact) mass is 417 g/mol. The maximum Gasteiger partial charge on any atom is 0.274 e. The number of carbonyl (C=O) groups is 2. The highest BCUT2D eigenvalue weighted by molar-refractivity contribution is 5.95. The van der Waals surface area contributed by atoms with Gasteiger partial charge in [-0.2, -0.15) is 5.10 Å². The topological polar surface area (TPSA) is 70.5 Å². The number of aryl methyl sites for hydroxylation is 1. The van der Waals surface area contributed by atoms with Crippen LogP contribution in [0.3, 0.4) is 0 Å². The number of anilines is 1. The average molecular weight is 418 g/mol. The highest BCUT2D eigenvalue weighted by Gasteiger charge is 2.25. The smallest absolute Gasteiger partial charge is 0.274 e. The summed E-state index contributed by atoms with van der Waals surface area (Å²) in [6, 6.07) is 19.7. The van der Waals surface area contributed by atoms with Crippen LogP contribution >= 0.6 is 0 Å². The number of hydrogen-bond donors (Lipinski definition) is 1. The summed E-state index contributed by atoms with van der Waals surface area (Å²) in [6.45, 7) is 7.35. The van der Waals surface area contributed by atoms with Gasteiger partial charge in [0.2, 0.25) is 5.91 Å². The van der Waals surface area contributed by atoms with Gasteiger partial charge in [-0.3, -0.25) is 14.5 Å². The van der Waals surface area contributed by atoms with Crippen molar-refractivity contribution in [2.75, 3.05) is 31.5 Å². The molecule has 3 aromatic rings. The van der Waals surface area contributed by atoms with Gasteiger partial charge in [-0.05, 0) is 24.6 Å². The van der Waals surface area contributed by atoms with Crippen LogP contribution in [0.25, 0.3) is 5.69 Å². The van der Waals surface area contributed by atoms with Crippen LogP contribution in [0.15, 0.2) is 60.7 Å². The molecule has 1 aliphatic heterocycles. The Kier molecular flexibility index (Phi) is 6.13. The second-order valence-electron chi connectivity index (χ2n) is 7.90. The molecular weight excluding hydrogens is 390 g/mol. The summed E-state index contributed by atoms with van der Waals surface area (Å²) in [5.74, 6) is 0.164. The molecule has 1 saturated heterocycles. The van der Waals surface area contributed by atoms with Crippen molar-refractivity contribution in [2.24, 2.45) is 0 Å². The Morgan fingerprint density at radius 3 is 2.29 bits per heavy atom. The normalized spacial score (nSPS) is 14.5. The molecule has 0 spiro atoms. The van der Waals surface area contributed by atoms with Crippen molar-refractivity contribution in [3.8, 4) is 5.69 Å². The Morgan fingerprint density at radius 2 is 1.65 bits per heavy atom. The Hall–Kier alpha value is -3.45. The summed E-state index contributed by atoms with van der Waals surface area (Å²) in [5.41, 5.74) is 3.66. The standard InChI is InChI=1S/C24H27N5O2/c1-18-8-10-20(11-9-18)17-27-12-14-28(15-13-27)24(31)22-16-23(25-19(2)30)29(26-22)21-6-4-3-5-7-21/h3-11,16H,12-15,17H2,1-2H3,(H,25,30). The summed E-state index contributed by atoms with van der Waals surface area (Å²) >= 11 is 0. The number of hydrogen-bond acceptors (Lipinski definition) is 4. The maximum atomic E-state index is 13.1. The van der Waals surface area contributed by atoms with Gasteiger partial charge in [0.25, 0.3) is 5.91 Å². The first-order valence-electron chi connectivity index (χ1n) is 10.5. The minimum atomic E-state index is -0.208. The van der Waals surface area contributed by atoms with Crippen LogP contribution in [0.5, 0.6) is 0 Å². The molecule has 0 unspecified atom stereocenters. The van der Waals surface area contributed by atoms with Gasteiger partial charge in [0, 0.05) is 45.7 Å². The second kappa shape index (κ2) is 9.14. The lowest BCUT2D eigenvalue weighted by Gasteiger charge is -2.34. The van der Waals surface area contributed by atoms with Crippen LogP contribution in [-0.4, -0.2) is 57.6 Å². The molecule has 160 valence electrons. The lowest BCUT2D eigenvalue weighted by molar-refractivity contribution is -0.114. The highest BCUT2D eigenvalue weighted by Crippen LogP contribution is 2.19. The molecule has 4 rings (SSSR count). The van der Waals surface area contributed by atoms with E-state index < -0.39 is 0 Å². The molecule has 2 amide bonds. The largest absolute Gasteiger partial charge is 0.335 e. The Balaban J connectivity index is 1.44. The summed E-state index contributed by atoms with van der Waals surface area (Å²) < 4.78 is 1.60. The van der Waals surface area contributed by atoms with E-state index in [1.54, 1.807) is 10.7 Å². The molecule has 0 aliphatic carbocycles. The van der Waals surface area contributed by atoms with Crippen molar-refractivity contribution in [3.63, 3.8) is 0 Å². The number of nitrogens with one attached hydrogen (secondary N) is 1. The van der Waals surface area contributed by atoms with Gasteiger partial charge in [-0.25, -0.2) is 4.68 Å². The van der Waals surface area contributed by atoms with Gasteiger partial charge in [-0.15, -0.1) is 0 Å². The number of nitrogens with zero attached hydrogens (tertiary/aromatic N) is 4. The molecular formula is C24H27N5O2. The zero-order chi connectivity index (χ0) is 21.8. The molecule has 0 saturated carbocycles. The highest BCUT2D eigenvalue weighted by atomic mass is 16.2. The van der Waals surface area contributed by atoms with Crippen molar-refractivity contribution in [3.05, 3.63) is 77.5 Å². The van der Waals surface area contributed by atoms with E-state index in [0.29, 0.717) is 24.6 Å². The fourth-order valence-electron chi connectivity index (χ4n) is 3.74. The summed E-state index contributed by atoms with van der Waals surface area (Å²) in [5, 5.41) is 7.27. The van der Waals surface area contributed by atoms with E-state index in [1.807, 2.05) is 35.2 Å². The molecule has 0 atom stereocenters. The summed E-state index contributed by atoms with van der Waals surface area (Å²) in [6.07, 6.45) is 0. The first kappa shape index (κ1) is 20.8. The SMILES string of the molecule is CC(=O)Nc1cc(C(=O)N2CCN(Cc3ccc(C)cc3)CC2)nn1-c1ccccc1. The van der Waals surface area contributed by atoms with Crippen LogP contribution in [0, 0.1) is 6.92 Å². The Labute approximate surface area is 182 Å². The zero-order valence-corrected chi connectivity index (χ0v) is 17.9. The van der Waals surface area contributed by atoms with E-state index in [0.717, 1.165) is 25.3 Å². The predicted molar refractivity (Wildman–Crippen MR) is 120 cm³/mol. The van der Waals surface area contributed by atoms with Crippen LogP contribution in [-0.2, 0) is 11.3 Å². The lowest BCUT2D eigenvalue weighted by atomic mass is 10.1. The van der Waals surface area contributed by atoms with Crippen molar-refractivity contribution in [1.82, 2.24) is 19.6 Å². The molecule has 0 radical (unpaired) electrons. The van der Waals surface area contributed by atoms with E-state index in [2.05, 4.69) is 46.5 Å². The number of piperazine rings is 1. The molecule has 1 aliphatic rings. The first-order valence-corrected chi connectivity index (χ1v) is 10.5. The van der Waals surface area contributed by atoms with Crippen LogP contribution in [0.2, 0.25) is 0 Å². The molecule has 1 fully saturated rings. The fourth-order valence-corrected chi connectivity index (χ4v) is 3.74. The fraction of sp³-hybridized carbons (Fsp3) is 0.292. The molecule has 1 N–H and O–H groups in total. The lowest BCUT2D eigenvalue weighted by Crippen LogP contribution is -2.48. The van der Waals surface area contributed by atoms with Gasteiger partial charge in [0.15, 0.2) is 5.69 Å². The molecule has 1 aromatic heterocycles. The third-order valence-electron chi connectivity index (χ3n) is 5.42. The van der Waals surface area contributed by atoms with E-state index in [1.165, 1.54) is 18.1 Å². The minimum absolute atomic E-state index is 0.115. The molecule has 31 heavy (non-hydrogen) atoms. The van der Waals surface area contributed by atoms with Gasteiger partial charge in [0.05, 0.1) is 5.69 Å². The Morgan fingerprint density at radius 1 is 0.968 bits per heavy atom. The number of para-hydroxylation sites is 1. The van der Waals surface area contributed by atoms with E-state index in [-0.39, 0.29) is 11.8 Å². The molecule has 0 bridgehead atoms. The second-order valence-corrected chi connectivity index (χ2v) is 7.90. The van der Waals surface area contributed by atoms with Gasteiger partial charge >= 0.3 is 0 Å². The third kappa shape index (κ3) is 5.00. The molecule has 2 aromatic carbocycles. The van der Waals surface area contributed by atoms with Crippen molar-refractivity contribution < 1.29 is 9.59 Å². The molecule has 7 heteroatoms. The zero-order valence-electron chi connectivity index (χ0n) is 17.9. The van der Waals surface area contributed by atoms with Crippen LogP contribution < -0.4 is 5.32 Å². The molecule has 2 heterocycles. The van der Waals surface area contributed by atoms with Crippen molar-refractivity contribution >= 4 is 17.6 Å².